The lowest BCUT2D eigenvalue weighted by Gasteiger charge is -2.24. The first-order chi connectivity index (χ1) is 10.9. The van der Waals surface area contributed by atoms with E-state index in [4.69, 9.17) is 4.98 Å². The van der Waals surface area contributed by atoms with Crippen LogP contribution < -0.4 is 4.90 Å². The number of rotatable bonds is 5. The van der Waals surface area contributed by atoms with Crippen LogP contribution in [-0.4, -0.2) is 43.8 Å². The molecule has 1 N–H and O–H groups in total. The number of pyridine rings is 2. The topological polar surface area (TPSA) is 67.1 Å². The summed E-state index contributed by atoms with van der Waals surface area (Å²) in [6, 6.07) is 1.89. The molecule has 6 heteroatoms. The quantitative estimate of drug-likeness (QED) is 0.784. The Labute approximate surface area is 135 Å². The Morgan fingerprint density at radius 3 is 2.74 bits per heavy atom. The van der Waals surface area contributed by atoms with Crippen molar-refractivity contribution in [1.29, 1.82) is 0 Å². The van der Waals surface area contributed by atoms with Crippen molar-refractivity contribution in [1.82, 2.24) is 19.5 Å². The first-order valence-electron chi connectivity index (χ1n) is 7.93. The summed E-state index contributed by atoms with van der Waals surface area (Å²) in [6.07, 6.45) is 6.38. The Hall–Kier alpha value is -2.21. The Balaban J connectivity index is 2.30. The molecule has 0 aliphatic heterocycles. The zero-order valence-corrected chi connectivity index (χ0v) is 14.1. The van der Waals surface area contributed by atoms with Gasteiger partial charge in [0.2, 0.25) is 5.95 Å². The van der Waals surface area contributed by atoms with Crippen molar-refractivity contribution >= 4 is 27.9 Å². The second kappa shape index (κ2) is 5.77. The molecule has 0 fully saturated rings. The number of fused-ring (bicyclic) bond motifs is 3. The second-order valence-corrected chi connectivity index (χ2v) is 6.62. The summed E-state index contributed by atoms with van der Waals surface area (Å²) in [6.45, 7) is 7.12. The van der Waals surface area contributed by atoms with E-state index in [0.29, 0.717) is 6.54 Å². The standard InChI is InChI=1S/C17H23N5O/c1-5-8-21(4)16-20-14-10-19-13-6-7-18-9-12(13)15(14)22(16)11-17(2,3)23/h6-7,9-10,23H,5,8,11H2,1-4H3. The number of anilines is 1. The first-order valence-corrected chi connectivity index (χ1v) is 7.93. The lowest BCUT2D eigenvalue weighted by Crippen LogP contribution is -2.29. The van der Waals surface area contributed by atoms with Crippen LogP contribution in [0.4, 0.5) is 5.95 Å². The van der Waals surface area contributed by atoms with E-state index in [1.54, 1.807) is 12.4 Å². The molecule has 0 aromatic carbocycles. The fourth-order valence-electron chi connectivity index (χ4n) is 2.91. The lowest BCUT2D eigenvalue weighted by molar-refractivity contribution is 0.0631. The van der Waals surface area contributed by atoms with E-state index in [0.717, 1.165) is 40.9 Å². The highest BCUT2D eigenvalue weighted by atomic mass is 16.3. The van der Waals surface area contributed by atoms with Gasteiger partial charge in [-0.2, -0.15) is 0 Å². The highest BCUT2D eigenvalue weighted by molar-refractivity contribution is 6.02. The van der Waals surface area contributed by atoms with Gasteiger partial charge in [-0.15, -0.1) is 0 Å². The van der Waals surface area contributed by atoms with Crippen LogP contribution in [0.15, 0.2) is 24.7 Å². The van der Waals surface area contributed by atoms with Gasteiger partial charge in [-0.25, -0.2) is 4.98 Å². The molecule has 0 amide bonds. The lowest BCUT2D eigenvalue weighted by atomic mass is 10.1. The highest BCUT2D eigenvalue weighted by Gasteiger charge is 2.22. The van der Waals surface area contributed by atoms with Crippen LogP contribution in [0.25, 0.3) is 21.9 Å². The third kappa shape index (κ3) is 2.99. The van der Waals surface area contributed by atoms with Crippen molar-refractivity contribution in [3.63, 3.8) is 0 Å². The van der Waals surface area contributed by atoms with Crippen LogP contribution in [0.3, 0.4) is 0 Å². The summed E-state index contributed by atoms with van der Waals surface area (Å²) < 4.78 is 2.08. The summed E-state index contributed by atoms with van der Waals surface area (Å²) >= 11 is 0. The molecular weight excluding hydrogens is 290 g/mol. The van der Waals surface area contributed by atoms with Gasteiger partial charge in [-0.3, -0.25) is 9.97 Å². The molecule has 6 nitrogen and oxygen atoms in total. The van der Waals surface area contributed by atoms with Crippen LogP contribution in [0.1, 0.15) is 27.2 Å². The average Bonchev–Trinajstić information content (AvgIpc) is 2.85. The summed E-state index contributed by atoms with van der Waals surface area (Å²) in [5, 5.41) is 11.3. The Kier molecular flexibility index (Phi) is 3.93. The van der Waals surface area contributed by atoms with Crippen LogP contribution >= 0.6 is 0 Å². The molecule has 0 atom stereocenters. The van der Waals surface area contributed by atoms with Crippen molar-refractivity contribution in [3.05, 3.63) is 24.7 Å². The summed E-state index contributed by atoms with van der Waals surface area (Å²) in [5.41, 5.74) is 1.85. The SMILES string of the molecule is CCCN(C)c1nc2cnc3ccncc3c2n1CC(C)(C)O. The van der Waals surface area contributed by atoms with E-state index in [2.05, 4.69) is 26.4 Å². The van der Waals surface area contributed by atoms with Gasteiger partial charge in [-0.1, -0.05) is 6.92 Å². The van der Waals surface area contributed by atoms with Gasteiger partial charge >= 0.3 is 0 Å². The van der Waals surface area contributed by atoms with Gasteiger partial charge in [0.1, 0.15) is 5.52 Å². The van der Waals surface area contributed by atoms with Gasteiger partial charge in [0.25, 0.3) is 0 Å². The van der Waals surface area contributed by atoms with Gasteiger partial charge in [0.05, 0.1) is 29.4 Å². The van der Waals surface area contributed by atoms with Gasteiger partial charge in [0, 0.05) is 31.4 Å². The number of aliphatic hydroxyl groups is 1. The van der Waals surface area contributed by atoms with E-state index < -0.39 is 5.60 Å². The van der Waals surface area contributed by atoms with Crippen molar-refractivity contribution in [2.75, 3.05) is 18.5 Å². The number of nitrogens with zero attached hydrogens (tertiary/aromatic N) is 5. The molecule has 23 heavy (non-hydrogen) atoms. The van der Waals surface area contributed by atoms with Gasteiger partial charge in [-0.05, 0) is 26.3 Å². The number of hydrogen-bond donors (Lipinski definition) is 1. The van der Waals surface area contributed by atoms with Crippen LogP contribution in [0, 0.1) is 0 Å². The summed E-state index contributed by atoms with van der Waals surface area (Å²) in [5.74, 6) is 0.849. The van der Waals surface area contributed by atoms with Crippen molar-refractivity contribution in [2.24, 2.45) is 0 Å². The third-order valence-corrected chi connectivity index (χ3v) is 3.80. The van der Waals surface area contributed by atoms with E-state index in [-0.39, 0.29) is 0 Å². The molecule has 3 aromatic heterocycles. The summed E-state index contributed by atoms with van der Waals surface area (Å²) in [7, 11) is 2.03. The molecule has 0 aliphatic rings. The smallest absolute Gasteiger partial charge is 0.206 e. The second-order valence-electron chi connectivity index (χ2n) is 6.62. The van der Waals surface area contributed by atoms with Crippen LogP contribution in [0.5, 0.6) is 0 Å². The maximum Gasteiger partial charge on any atom is 0.206 e. The minimum Gasteiger partial charge on any atom is -0.389 e. The zero-order valence-electron chi connectivity index (χ0n) is 14.1. The minimum atomic E-state index is -0.840. The zero-order chi connectivity index (χ0) is 16.6. The van der Waals surface area contributed by atoms with Crippen LogP contribution in [0.2, 0.25) is 0 Å². The van der Waals surface area contributed by atoms with E-state index in [9.17, 15) is 5.11 Å². The molecule has 3 heterocycles. The molecule has 122 valence electrons. The summed E-state index contributed by atoms with van der Waals surface area (Å²) in [4.78, 5) is 15.6. The Bertz CT molecular complexity index is 834. The fraction of sp³-hybridized carbons (Fsp3) is 0.471. The first kappa shape index (κ1) is 15.7. The molecule has 0 unspecified atom stereocenters. The van der Waals surface area contributed by atoms with Crippen LogP contribution in [-0.2, 0) is 6.54 Å². The molecule has 0 saturated heterocycles. The predicted octanol–water partition coefficient (Wildman–Crippen LogP) is 2.60. The van der Waals surface area contributed by atoms with E-state index in [1.165, 1.54) is 0 Å². The van der Waals surface area contributed by atoms with E-state index >= 15 is 0 Å². The predicted molar refractivity (Wildman–Crippen MR) is 92.7 cm³/mol. The fourth-order valence-corrected chi connectivity index (χ4v) is 2.91. The average molecular weight is 313 g/mol. The molecule has 3 aromatic rings. The number of hydrogen-bond acceptors (Lipinski definition) is 5. The normalized spacial score (nSPS) is 12.2. The number of aromatic nitrogens is 4. The third-order valence-electron chi connectivity index (χ3n) is 3.80. The van der Waals surface area contributed by atoms with Crippen molar-refractivity contribution in [3.8, 4) is 0 Å². The maximum absolute atomic E-state index is 10.4. The molecule has 0 bridgehead atoms. The molecule has 0 saturated carbocycles. The molecule has 0 spiro atoms. The van der Waals surface area contributed by atoms with E-state index in [1.807, 2.05) is 33.2 Å². The largest absolute Gasteiger partial charge is 0.389 e. The highest BCUT2D eigenvalue weighted by Crippen LogP contribution is 2.29. The van der Waals surface area contributed by atoms with Crippen molar-refractivity contribution < 1.29 is 5.11 Å². The maximum atomic E-state index is 10.4. The van der Waals surface area contributed by atoms with Crippen molar-refractivity contribution in [2.45, 2.75) is 39.3 Å². The number of imidazole rings is 1. The van der Waals surface area contributed by atoms with Gasteiger partial charge in [0.15, 0.2) is 0 Å². The molecule has 0 radical (unpaired) electrons. The molecule has 3 rings (SSSR count). The Morgan fingerprint density at radius 1 is 1.26 bits per heavy atom. The minimum absolute atomic E-state index is 0.459. The molecular formula is C17H23N5O. The monoisotopic (exact) mass is 313 g/mol. The molecule has 0 aliphatic carbocycles. The van der Waals surface area contributed by atoms with Gasteiger partial charge < -0.3 is 14.6 Å². The Morgan fingerprint density at radius 2 is 2.04 bits per heavy atom.